The van der Waals surface area contributed by atoms with Gasteiger partial charge < -0.3 is 5.32 Å². The molecule has 106 valence electrons. The van der Waals surface area contributed by atoms with Gasteiger partial charge in [0.1, 0.15) is 0 Å². The van der Waals surface area contributed by atoms with Crippen LogP contribution in [-0.2, 0) is 6.42 Å². The molecule has 0 bridgehead atoms. The fourth-order valence-corrected chi connectivity index (χ4v) is 2.90. The first-order valence-corrected chi connectivity index (χ1v) is 8.05. The van der Waals surface area contributed by atoms with Gasteiger partial charge in [0.25, 0.3) is 0 Å². The van der Waals surface area contributed by atoms with Crippen LogP contribution in [0.4, 0.5) is 0 Å². The highest BCUT2D eigenvalue weighted by Crippen LogP contribution is 2.33. The summed E-state index contributed by atoms with van der Waals surface area (Å²) >= 11 is 0. The molecule has 0 aromatic heterocycles. The van der Waals surface area contributed by atoms with E-state index in [2.05, 4.69) is 49.5 Å². The molecular formula is C18H29N. The minimum atomic E-state index is 0.525. The van der Waals surface area contributed by atoms with Crippen molar-refractivity contribution in [3.63, 3.8) is 0 Å². The fourth-order valence-electron chi connectivity index (χ4n) is 2.90. The number of nitrogens with one attached hydrogen (secondary N) is 1. The van der Waals surface area contributed by atoms with Crippen LogP contribution in [0, 0.1) is 5.41 Å². The van der Waals surface area contributed by atoms with Gasteiger partial charge in [0.15, 0.2) is 0 Å². The number of benzene rings is 1. The van der Waals surface area contributed by atoms with Crippen LogP contribution in [0.2, 0.25) is 0 Å². The van der Waals surface area contributed by atoms with E-state index in [1.54, 1.807) is 0 Å². The highest BCUT2D eigenvalue weighted by Gasteiger charge is 2.29. The lowest BCUT2D eigenvalue weighted by molar-refractivity contribution is 0.221. The van der Waals surface area contributed by atoms with Crippen LogP contribution in [0.3, 0.4) is 0 Å². The Bertz CT molecular complexity index is 349. The predicted octanol–water partition coefficient (Wildman–Crippen LogP) is 4.57. The van der Waals surface area contributed by atoms with Crippen LogP contribution in [0.25, 0.3) is 0 Å². The Morgan fingerprint density at radius 1 is 1.11 bits per heavy atom. The van der Waals surface area contributed by atoms with Crippen LogP contribution in [0.1, 0.15) is 57.9 Å². The summed E-state index contributed by atoms with van der Waals surface area (Å²) in [6.07, 6.45) is 9.30. The van der Waals surface area contributed by atoms with Gasteiger partial charge in [0.05, 0.1) is 0 Å². The van der Waals surface area contributed by atoms with Gasteiger partial charge in [-0.05, 0) is 55.9 Å². The molecule has 0 radical (unpaired) electrons. The zero-order chi connectivity index (χ0) is 13.6. The molecule has 0 unspecified atom stereocenters. The molecule has 1 nitrogen and oxygen atoms in total. The smallest absolute Gasteiger partial charge is 0.00684 e. The van der Waals surface area contributed by atoms with Gasteiger partial charge in [-0.15, -0.1) is 0 Å². The highest BCUT2D eigenvalue weighted by atomic mass is 15.0. The number of hydrogen-bond donors (Lipinski definition) is 1. The van der Waals surface area contributed by atoms with Gasteiger partial charge in [-0.2, -0.15) is 0 Å². The fraction of sp³-hybridized carbons (Fsp3) is 0.667. The second-order valence-electron chi connectivity index (χ2n) is 6.20. The van der Waals surface area contributed by atoms with E-state index in [9.17, 15) is 0 Å². The van der Waals surface area contributed by atoms with Crippen molar-refractivity contribution in [1.29, 1.82) is 0 Å². The third-order valence-corrected chi connectivity index (χ3v) is 4.86. The Morgan fingerprint density at radius 3 is 2.37 bits per heavy atom. The maximum Gasteiger partial charge on any atom is 0.00684 e. The number of aryl methyl sites for hydroxylation is 1. The van der Waals surface area contributed by atoms with Crippen LogP contribution in [0.15, 0.2) is 30.3 Å². The van der Waals surface area contributed by atoms with E-state index in [0.717, 1.165) is 6.04 Å². The standard InChI is InChI=1S/C18H29N/c1-3-18(4-2,15-19-17-12-13-17)14-8-11-16-9-6-5-7-10-16/h5-7,9-10,17,19H,3-4,8,11-15H2,1-2H3. The molecule has 1 saturated carbocycles. The molecule has 1 fully saturated rings. The normalized spacial score (nSPS) is 15.7. The van der Waals surface area contributed by atoms with Crippen LogP contribution < -0.4 is 5.32 Å². The molecule has 1 aliphatic carbocycles. The third-order valence-electron chi connectivity index (χ3n) is 4.86. The van der Waals surface area contributed by atoms with Crippen molar-refractivity contribution in [2.24, 2.45) is 5.41 Å². The molecule has 1 aliphatic rings. The average molecular weight is 259 g/mol. The van der Waals surface area contributed by atoms with Crippen molar-refractivity contribution < 1.29 is 0 Å². The summed E-state index contributed by atoms with van der Waals surface area (Å²) in [7, 11) is 0. The van der Waals surface area contributed by atoms with Crippen molar-refractivity contribution in [2.45, 2.75) is 64.8 Å². The summed E-state index contributed by atoms with van der Waals surface area (Å²) in [5, 5.41) is 3.75. The molecule has 2 rings (SSSR count). The Balaban J connectivity index is 1.78. The second kappa shape index (κ2) is 7.09. The summed E-state index contributed by atoms with van der Waals surface area (Å²) in [5.41, 5.74) is 2.01. The Morgan fingerprint density at radius 2 is 1.79 bits per heavy atom. The summed E-state index contributed by atoms with van der Waals surface area (Å²) < 4.78 is 0. The maximum absolute atomic E-state index is 3.75. The van der Waals surface area contributed by atoms with Gasteiger partial charge in [0, 0.05) is 12.6 Å². The van der Waals surface area contributed by atoms with Gasteiger partial charge in [0.2, 0.25) is 0 Å². The lowest BCUT2D eigenvalue weighted by Crippen LogP contribution is -2.34. The zero-order valence-electron chi connectivity index (χ0n) is 12.6. The van der Waals surface area contributed by atoms with E-state index in [1.165, 1.54) is 57.1 Å². The molecule has 0 atom stereocenters. The molecule has 0 aliphatic heterocycles. The van der Waals surface area contributed by atoms with Crippen LogP contribution >= 0.6 is 0 Å². The minimum absolute atomic E-state index is 0.525. The van der Waals surface area contributed by atoms with E-state index in [4.69, 9.17) is 0 Å². The van der Waals surface area contributed by atoms with E-state index in [1.807, 2.05) is 0 Å². The average Bonchev–Trinajstić information content (AvgIpc) is 3.28. The first-order chi connectivity index (χ1) is 9.28. The number of rotatable bonds is 9. The molecule has 0 amide bonds. The van der Waals surface area contributed by atoms with Gasteiger partial charge in [-0.3, -0.25) is 0 Å². The van der Waals surface area contributed by atoms with E-state index in [-0.39, 0.29) is 0 Å². The molecular weight excluding hydrogens is 230 g/mol. The molecule has 1 aromatic rings. The van der Waals surface area contributed by atoms with Gasteiger partial charge in [-0.25, -0.2) is 0 Å². The molecule has 0 heterocycles. The van der Waals surface area contributed by atoms with Crippen molar-refractivity contribution in [2.75, 3.05) is 6.54 Å². The molecule has 1 aromatic carbocycles. The maximum atomic E-state index is 3.75. The Labute approximate surface area is 118 Å². The topological polar surface area (TPSA) is 12.0 Å². The lowest BCUT2D eigenvalue weighted by atomic mass is 9.77. The van der Waals surface area contributed by atoms with E-state index < -0.39 is 0 Å². The van der Waals surface area contributed by atoms with Gasteiger partial charge in [-0.1, -0.05) is 44.2 Å². The second-order valence-corrected chi connectivity index (χ2v) is 6.20. The monoisotopic (exact) mass is 259 g/mol. The first-order valence-electron chi connectivity index (χ1n) is 8.05. The largest absolute Gasteiger partial charge is 0.313 e. The summed E-state index contributed by atoms with van der Waals surface area (Å²) in [5.74, 6) is 0. The summed E-state index contributed by atoms with van der Waals surface area (Å²) in [4.78, 5) is 0. The minimum Gasteiger partial charge on any atom is -0.313 e. The summed E-state index contributed by atoms with van der Waals surface area (Å²) in [6.45, 7) is 5.95. The predicted molar refractivity (Wildman–Crippen MR) is 83.4 cm³/mol. The Hall–Kier alpha value is -0.820. The van der Waals surface area contributed by atoms with Gasteiger partial charge >= 0.3 is 0 Å². The Kier molecular flexibility index (Phi) is 5.45. The number of hydrogen-bond acceptors (Lipinski definition) is 1. The zero-order valence-corrected chi connectivity index (χ0v) is 12.6. The van der Waals surface area contributed by atoms with Crippen LogP contribution in [0.5, 0.6) is 0 Å². The molecule has 1 N–H and O–H groups in total. The van der Waals surface area contributed by atoms with Crippen molar-refractivity contribution in [1.82, 2.24) is 5.32 Å². The van der Waals surface area contributed by atoms with Crippen molar-refractivity contribution in [3.05, 3.63) is 35.9 Å². The molecule has 0 spiro atoms. The third kappa shape index (κ3) is 4.65. The van der Waals surface area contributed by atoms with Crippen molar-refractivity contribution >= 4 is 0 Å². The summed E-state index contributed by atoms with van der Waals surface area (Å²) in [6, 6.07) is 11.7. The quantitative estimate of drug-likeness (QED) is 0.685. The lowest BCUT2D eigenvalue weighted by Gasteiger charge is -2.32. The van der Waals surface area contributed by atoms with E-state index in [0.29, 0.717) is 5.41 Å². The highest BCUT2D eigenvalue weighted by molar-refractivity contribution is 5.14. The van der Waals surface area contributed by atoms with Crippen molar-refractivity contribution in [3.8, 4) is 0 Å². The molecule has 1 heteroatoms. The van der Waals surface area contributed by atoms with E-state index >= 15 is 0 Å². The molecule has 0 saturated heterocycles. The first kappa shape index (κ1) is 14.6. The SMILES string of the molecule is CCC(CC)(CCCc1ccccc1)CNC1CC1. The van der Waals surface area contributed by atoms with Crippen LogP contribution in [-0.4, -0.2) is 12.6 Å². The molecule has 19 heavy (non-hydrogen) atoms.